The van der Waals surface area contributed by atoms with Gasteiger partial charge in [0.1, 0.15) is 0 Å². The first kappa shape index (κ1) is 48.9. The first-order chi connectivity index (χ1) is 27.8. The zero-order valence-corrected chi connectivity index (χ0v) is 40.7. The Morgan fingerprint density at radius 3 is 2.29 bits per heavy atom. The summed E-state index contributed by atoms with van der Waals surface area (Å²) in [4.78, 5) is 13.1. The quantitative estimate of drug-likeness (QED) is 0.0846. The van der Waals surface area contributed by atoms with Crippen molar-refractivity contribution in [3.8, 4) is 0 Å². The van der Waals surface area contributed by atoms with Gasteiger partial charge in [0.2, 0.25) is 0 Å². The average Bonchev–Trinajstić information content (AvgIpc) is 3.53. The fraction of sp³-hybridized carbons (Fsp3) is 0.857. The first-order valence-corrected chi connectivity index (χ1v) is 27.2. The van der Waals surface area contributed by atoms with Crippen molar-refractivity contribution < 1.29 is 19.0 Å². The highest BCUT2D eigenvalue weighted by Gasteiger charge is 2.63. The summed E-state index contributed by atoms with van der Waals surface area (Å²) in [5.41, 5.74) is 2.05. The molecule has 0 aromatic heterocycles. The minimum absolute atomic E-state index is 0.234. The predicted octanol–water partition coefficient (Wildman–Crippen LogP) is 10.7. The molecule has 59 heavy (non-hydrogen) atoms. The second kappa shape index (κ2) is 21.0. The lowest BCUT2D eigenvalue weighted by molar-refractivity contribution is -0.185. The Bertz CT molecular complexity index is 1450. The van der Waals surface area contributed by atoms with Crippen molar-refractivity contribution in [3.63, 3.8) is 0 Å². The molecule has 7 nitrogen and oxygen atoms in total. The van der Waals surface area contributed by atoms with Gasteiger partial charge in [-0.2, -0.15) is 0 Å². The maximum Gasteiger partial charge on any atom is 0.376 e. The Hall–Kier alpha value is -1.16. The van der Waals surface area contributed by atoms with Crippen LogP contribution in [0.5, 0.6) is 0 Å². The Morgan fingerprint density at radius 2 is 1.63 bits per heavy atom. The highest BCUT2D eigenvalue weighted by atomic mass is 28.4. The molecule has 4 saturated carbocycles. The number of hydrogen-bond donors (Lipinski definition) is 3. The average molecular weight is 832 g/mol. The van der Waals surface area contributed by atoms with E-state index in [1.165, 1.54) is 69.8 Å². The minimum atomic E-state index is -1.83. The summed E-state index contributed by atoms with van der Waals surface area (Å²) < 4.78 is 14.3. The van der Waals surface area contributed by atoms with Crippen LogP contribution in [0, 0.1) is 52.3 Å². The second-order valence-corrected chi connectivity index (χ2v) is 27.2. The molecule has 11 atom stereocenters. The van der Waals surface area contributed by atoms with Crippen LogP contribution in [0.1, 0.15) is 144 Å². The van der Waals surface area contributed by atoms with Crippen LogP contribution in [0.15, 0.2) is 30.3 Å². The lowest BCUT2D eigenvalue weighted by Crippen LogP contribution is -2.60. The second-order valence-electron chi connectivity index (χ2n) is 22.5. The van der Waals surface area contributed by atoms with Crippen LogP contribution in [-0.2, 0) is 15.8 Å². The van der Waals surface area contributed by atoms with Gasteiger partial charge >= 0.3 is 7.05 Å². The monoisotopic (exact) mass is 832 g/mol. The number of benzene rings is 1. The molecular weight excluding hydrogens is 744 g/mol. The van der Waals surface area contributed by atoms with Crippen molar-refractivity contribution in [2.75, 3.05) is 26.2 Å². The van der Waals surface area contributed by atoms with Gasteiger partial charge in [0.15, 0.2) is 22.0 Å². The Kier molecular flexibility index (Phi) is 17.4. The normalized spacial score (nSPS) is 32.0. The van der Waals surface area contributed by atoms with E-state index in [0.717, 1.165) is 63.3 Å². The molecule has 4 fully saturated rings. The van der Waals surface area contributed by atoms with Gasteiger partial charge in [-0.1, -0.05) is 85.7 Å². The summed E-state index contributed by atoms with van der Waals surface area (Å²) in [7, 11) is 2.90. The number of unbranched alkanes of at least 4 members (excludes halogenated alkanes) is 1. The SMILES string of the molecule is [B]C(=O)NCCCCN(CCCNC1CC[C@@]2(C)C(C1)CC(OCc1ccccc1)C1C2CC[C@@]2(C)C1CC[C@@H]2[C@@H](C)CCC(O[Si](C)(C)C(C)(C)C)C(C)C)B(C)O. The van der Waals surface area contributed by atoms with E-state index in [0.29, 0.717) is 59.3 Å². The van der Waals surface area contributed by atoms with Gasteiger partial charge in [0.25, 0.3) is 0 Å². The van der Waals surface area contributed by atoms with Gasteiger partial charge in [0.05, 0.1) is 12.7 Å². The molecule has 10 heteroatoms. The van der Waals surface area contributed by atoms with E-state index in [-0.39, 0.29) is 5.04 Å². The summed E-state index contributed by atoms with van der Waals surface area (Å²) in [5, 5.41) is 17.3. The van der Waals surface area contributed by atoms with E-state index >= 15 is 0 Å². The lowest BCUT2D eigenvalue weighted by atomic mass is 9.43. The van der Waals surface area contributed by atoms with Gasteiger partial charge in [-0.25, -0.2) is 0 Å². The third kappa shape index (κ3) is 12.1. The van der Waals surface area contributed by atoms with E-state index in [1.54, 1.807) is 0 Å². The zero-order chi connectivity index (χ0) is 43.2. The van der Waals surface area contributed by atoms with E-state index in [2.05, 4.69) is 114 Å². The smallest absolute Gasteiger partial charge is 0.376 e. The molecule has 1 aromatic carbocycles. The number of ether oxygens (including phenoxy) is 1. The van der Waals surface area contributed by atoms with Crippen LogP contribution in [0.4, 0.5) is 4.79 Å². The summed E-state index contributed by atoms with van der Waals surface area (Å²) in [6, 6.07) is 11.4. The summed E-state index contributed by atoms with van der Waals surface area (Å²) >= 11 is 0. The molecule has 2 radical (unpaired) electrons. The predicted molar refractivity (Wildman–Crippen MR) is 251 cm³/mol. The molecule has 7 unspecified atom stereocenters. The lowest BCUT2D eigenvalue weighted by Gasteiger charge is -2.63. The van der Waals surface area contributed by atoms with Crippen molar-refractivity contribution in [2.45, 2.75) is 189 Å². The van der Waals surface area contributed by atoms with Gasteiger partial charge in [-0.3, -0.25) is 4.79 Å². The maximum absolute atomic E-state index is 11.0. The minimum Gasteiger partial charge on any atom is -0.437 e. The third-order valence-corrected chi connectivity index (χ3v) is 21.9. The Balaban J connectivity index is 1.23. The number of carbonyl (C=O) groups is 1. The van der Waals surface area contributed by atoms with Crippen molar-refractivity contribution in [1.29, 1.82) is 0 Å². The standard InChI is InChI=1S/C49H87B2N3O4Si/c1-35(2)43(58-59(10,11)47(4,5)6)23-20-36(3)40-21-22-41-45-42(25-27-49(40,41)8)48(7)26-24-39(32-38(48)33-44(45)57-34-37-18-13-12-14-19-37)52-29-17-31-54(51(9)56)30-16-15-28-53-46(50)55/h12-14,18-19,35-36,38-45,52,56H,15-17,20-34H2,1-11H3,(H,53,55)/t36-,38?,39?,40+,41?,42?,43?,44?,45?,48-,49+/m0/s1. The summed E-state index contributed by atoms with van der Waals surface area (Å²) in [6.07, 6.45) is 16.4. The largest absolute Gasteiger partial charge is 0.437 e. The summed E-state index contributed by atoms with van der Waals surface area (Å²) in [5.74, 6) is 4.35. The molecule has 0 heterocycles. The van der Waals surface area contributed by atoms with Gasteiger partial charge in [-0.15, -0.1) is 0 Å². The molecule has 0 saturated heterocycles. The summed E-state index contributed by atoms with van der Waals surface area (Å²) in [6.45, 7) is 30.6. The van der Waals surface area contributed by atoms with Crippen LogP contribution < -0.4 is 10.6 Å². The molecule has 1 aromatic rings. The molecule has 0 bridgehead atoms. The number of nitrogens with zero attached hydrogens (tertiary/aromatic N) is 1. The van der Waals surface area contributed by atoms with Crippen LogP contribution in [-0.4, -0.2) is 83.3 Å². The topological polar surface area (TPSA) is 83.1 Å². The Labute approximate surface area is 365 Å². The van der Waals surface area contributed by atoms with Crippen molar-refractivity contribution in [3.05, 3.63) is 35.9 Å². The molecule has 4 aliphatic rings. The van der Waals surface area contributed by atoms with Gasteiger partial charge in [-0.05, 0) is 186 Å². The molecule has 0 spiro atoms. The van der Waals surface area contributed by atoms with Crippen LogP contribution in [0.25, 0.3) is 0 Å². The van der Waals surface area contributed by atoms with Crippen LogP contribution in [0.2, 0.25) is 25.0 Å². The van der Waals surface area contributed by atoms with E-state index in [1.807, 2.05) is 6.82 Å². The van der Waals surface area contributed by atoms with Gasteiger partial charge in [0, 0.05) is 18.7 Å². The van der Waals surface area contributed by atoms with E-state index in [9.17, 15) is 9.82 Å². The molecular formula is C49H87B2N3O4Si. The third-order valence-electron chi connectivity index (χ3n) is 17.4. The van der Waals surface area contributed by atoms with Crippen molar-refractivity contribution in [2.24, 2.45) is 52.3 Å². The van der Waals surface area contributed by atoms with E-state index < -0.39 is 21.2 Å². The van der Waals surface area contributed by atoms with Crippen molar-refractivity contribution >= 4 is 29.0 Å². The molecule has 5 rings (SSSR count). The number of carbonyl (C=O) groups excluding carboxylic acids is 1. The molecule has 3 N–H and O–H groups in total. The highest BCUT2D eigenvalue weighted by Crippen LogP contribution is 2.69. The van der Waals surface area contributed by atoms with Crippen molar-refractivity contribution in [1.82, 2.24) is 15.4 Å². The number of rotatable bonds is 21. The molecule has 332 valence electrons. The Morgan fingerprint density at radius 1 is 0.949 bits per heavy atom. The molecule has 0 aliphatic heterocycles. The fourth-order valence-corrected chi connectivity index (χ4v) is 14.2. The fourth-order valence-electron chi connectivity index (χ4n) is 12.7. The van der Waals surface area contributed by atoms with Gasteiger partial charge < -0.3 is 29.6 Å². The number of hydrogen-bond acceptors (Lipinski definition) is 6. The van der Waals surface area contributed by atoms with Crippen LogP contribution >= 0.6 is 0 Å². The number of fused-ring (bicyclic) bond motifs is 5. The zero-order valence-electron chi connectivity index (χ0n) is 39.7. The first-order valence-electron chi connectivity index (χ1n) is 24.3. The van der Waals surface area contributed by atoms with E-state index in [4.69, 9.17) is 17.0 Å². The highest BCUT2D eigenvalue weighted by molar-refractivity contribution is 6.74. The molecule has 4 aliphatic carbocycles. The maximum atomic E-state index is 11.0. The molecule has 1 amide bonds. The number of nitrogens with one attached hydrogen (secondary N) is 2. The van der Waals surface area contributed by atoms with Crippen LogP contribution in [0.3, 0.4) is 0 Å². The number of amides is 1.